The van der Waals surface area contributed by atoms with Crippen LogP contribution >= 0.6 is 0 Å². The Labute approximate surface area is 92.5 Å². The van der Waals surface area contributed by atoms with Crippen LogP contribution in [0.5, 0.6) is 5.75 Å². The Morgan fingerprint density at radius 2 is 2.19 bits per heavy atom. The van der Waals surface area contributed by atoms with E-state index in [2.05, 4.69) is 15.2 Å². The number of aromatic amines is 1. The van der Waals surface area contributed by atoms with Crippen molar-refractivity contribution in [3.63, 3.8) is 0 Å². The van der Waals surface area contributed by atoms with Gasteiger partial charge in [-0.05, 0) is 25.5 Å². The zero-order valence-electron chi connectivity index (χ0n) is 9.12. The molecule has 0 saturated heterocycles. The van der Waals surface area contributed by atoms with Gasteiger partial charge in [0.25, 0.3) is 0 Å². The second-order valence-corrected chi connectivity index (χ2v) is 3.54. The monoisotopic (exact) mass is 221 g/mol. The maximum absolute atomic E-state index is 13.2. The van der Waals surface area contributed by atoms with Crippen LogP contribution in [0, 0.1) is 19.7 Å². The summed E-state index contributed by atoms with van der Waals surface area (Å²) in [7, 11) is 0. The number of hydrogen-bond acceptors (Lipinski definition) is 3. The van der Waals surface area contributed by atoms with E-state index < -0.39 is 0 Å². The highest BCUT2D eigenvalue weighted by molar-refractivity contribution is 5.27. The molecule has 1 aromatic heterocycles. The summed E-state index contributed by atoms with van der Waals surface area (Å²) >= 11 is 0. The molecule has 1 aromatic carbocycles. The van der Waals surface area contributed by atoms with Crippen LogP contribution in [-0.2, 0) is 6.61 Å². The number of aromatic nitrogens is 3. The first-order valence-electron chi connectivity index (χ1n) is 4.92. The first-order chi connectivity index (χ1) is 7.65. The molecule has 0 radical (unpaired) electrons. The molecule has 84 valence electrons. The second-order valence-electron chi connectivity index (χ2n) is 3.54. The van der Waals surface area contributed by atoms with Gasteiger partial charge in [-0.15, -0.1) is 0 Å². The number of nitrogens with one attached hydrogen (secondary N) is 1. The van der Waals surface area contributed by atoms with Crippen LogP contribution in [0.4, 0.5) is 4.39 Å². The van der Waals surface area contributed by atoms with Crippen molar-refractivity contribution in [3.8, 4) is 5.75 Å². The molecule has 0 aliphatic rings. The fourth-order valence-corrected chi connectivity index (χ4v) is 1.26. The van der Waals surface area contributed by atoms with Gasteiger partial charge >= 0.3 is 0 Å². The van der Waals surface area contributed by atoms with Crippen LogP contribution < -0.4 is 4.74 Å². The molecule has 0 aliphatic carbocycles. The Bertz CT molecular complexity index is 496. The topological polar surface area (TPSA) is 50.8 Å². The first kappa shape index (κ1) is 10.6. The SMILES string of the molecule is Cc1nc(COc2ccc(C)c(F)c2)n[nH]1. The summed E-state index contributed by atoms with van der Waals surface area (Å²) in [5, 5.41) is 6.63. The molecule has 1 N–H and O–H groups in total. The highest BCUT2D eigenvalue weighted by Gasteiger charge is 2.03. The van der Waals surface area contributed by atoms with Crippen LogP contribution in [0.15, 0.2) is 18.2 Å². The van der Waals surface area contributed by atoms with Crippen LogP contribution in [-0.4, -0.2) is 15.2 Å². The molecule has 0 unspecified atom stereocenters. The number of hydrogen-bond donors (Lipinski definition) is 1. The molecular formula is C11H12FN3O. The molecule has 4 nitrogen and oxygen atoms in total. The minimum absolute atomic E-state index is 0.229. The predicted molar refractivity (Wildman–Crippen MR) is 56.6 cm³/mol. The van der Waals surface area contributed by atoms with Crippen molar-refractivity contribution < 1.29 is 9.13 Å². The molecule has 0 saturated carbocycles. The van der Waals surface area contributed by atoms with Crippen LogP contribution in [0.25, 0.3) is 0 Å². The van der Waals surface area contributed by atoms with E-state index >= 15 is 0 Å². The summed E-state index contributed by atoms with van der Waals surface area (Å²) in [6.45, 7) is 3.74. The zero-order valence-corrected chi connectivity index (χ0v) is 9.12. The van der Waals surface area contributed by atoms with Crippen molar-refractivity contribution in [1.29, 1.82) is 0 Å². The van der Waals surface area contributed by atoms with Gasteiger partial charge in [0.15, 0.2) is 5.82 Å². The lowest BCUT2D eigenvalue weighted by molar-refractivity contribution is 0.294. The lowest BCUT2D eigenvalue weighted by Gasteiger charge is -2.04. The normalized spacial score (nSPS) is 10.4. The van der Waals surface area contributed by atoms with E-state index in [9.17, 15) is 4.39 Å². The van der Waals surface area contributed by atoms with Gasteiger partial charge in [-0.2, -0.15) is 5.10 Å². The molecule has 1 heterocycles. The van der Waals surface area contributed by atoms with E-state index in [1.54, 1.807) is 19.1 Å². The largest absolute Gasteiger partial charge is 0.485 e. The van der Waals surface area contributed by atoms with Crippen molar-refractivity contribution in [2.75, 3.05) is 0 Å². The van der Waals surface area contributed by atoms with E-state index in [1.807, 2.05) is 6.92 Å². The molecule has 0 amide bonds. The minimum atomic E-state index is -0.274. The van der Waals surface area contributed by atoms with Crippen LogP contribution in [0.2, 0.25) is 0 Å². The minimum Gasteiger partial charge on any atom is -0.485 e. The summed E-state index contributed by atoms with van der Waals surface area (Å²) in [6.07, 6.45) is 0. The van der Waals surface area contributed by atoms with Crippen molar-refractivity contribution in [2.45, 2.75) is 20.5 Å². The Balaban J connectivity index is 2.02. The number of aryl methyl sites for hydroxylation is 2. The smallest absolute Gasteiger partial charge is 0.188 e. The Morgan fingerprint density at radius 3 is 2.81 bits per heavy atom. The molecule has 16 heavy (non-hydrogen) atoms. The fourth-order valence-electron chi connectivity index (χ4n) is 1.26. The number of nitrogens with zero attached hydrogens (tertiary/aromatic N) is 2. The van der Waals surface area contributed by atoms with E-state index in [-0.39, 0.29) is 12.4 Å². The molecule has 2 rings (SSSR count). The van der Waals surface area contributed by atoms with Crippen LogP contribution in [0.3, 0.4) is 0 Å². The van der Waals surface area contributed by atoms with Crippen LogP contribution in [0.1, 0.15) is 17.2 Å². The van der Waals surface area contributed by atoms with Gasteiger partial charge in [0.2, 0.25) is 0 Å². The Hall–Kier alpha value is -1.91. The number of rotatable bonds is 3. The van der Waals surface area contributed by atoms with E-state index in [0.717, 1.165) is 5.82 Å². The summed E-state index contributed by atoms with van der Waals surface area (Å²) in [5.74, 6) is 1.49. The average Bonchev–Trinajstić information content (AvgIpc) is 2.66. The zero-order chi connectivity index (χ0) is 11.5. The molecule has 0 spiro atoms. The Kier molecular flexibility index (Phi) is 2.85. The van der Waals surface area contributed by atoms with Gasteiger partial charge in [0, 0.05) is 6.07 Å². The Morgan fingerprint density at radius 1 is 1.38 bits per heavy atom. The molecular weight excluding hydrogens is 209 g/mol. The fraction of sp³-hybridized carbons (Fsp3) is 0.273. The van der Waals surface area contributed by atoms with Gasteiger partial charge in [0.05, 0.1) is 0 Å². The number of benzene rings is 1. The number of halogens is 1. The molecule has 0 aliphatic heterocycles. The molecule has 5 heteroatoms. The third-order valence-electron chi connectivity index (χ3n) is 2.15. The molecule has 2 aromatic rings. The summed E-state index contributed by atoms with van der Waals surface area (Å²) in [4.78, 5) is 4.08. The number of ether oxygens (including phenoxy) is 1. The van der Waals surface area contributed by atoms with E-state index in [4.69, 9.17) is 4.74 Å². The van der Waals surface area contributed by atoms with E-state index in [1.165, 1.54) is 6.07 Å². The van der Waals surface area contributed by atoms with E-state index in [0.29, 0.717) is 17.1 Å². The molecule has 0 atom stereocenters. The van der Waals surface area contributed by atoms with Gasteiger partial charge in [-0.1, -0.05) is 6.07 Å². The maximum Gasteiger partial charge on any atom is 0.188 e. The van der Waals surface area contributed by atoms with Gasteiger partial charge in [-0.25, -0.2) is 9.37 Å². The standard InChI is InChI=1S/C11H12FN3O/c1-7-3-4-9(5-10(7)12)16-6-11-13-8(2)14-15-11/h3-5H,6H2,1-2H3,(H,13,14,15). The molecule has 0 bridgehead atoms. The second kappa shape index (κ2) is 4.30. The van der Waals surface area contributed by atoms with Gasteiger partial charge < -0.3 is 4.74 Å². The quantitative estimate of drug-likeness (QED) is 0.863. The van der Waals surface area contributed by atoms with Gasteiger partial charge in [0.1, 0.15) is 24.0 Å². The third kappa shape index (κ3) is 2.36. The first-order valence-corrected chi connectivity index (χ1v) is 4.92. The summed E-state index contributed by atoms with van der Waals surface area (Å²) < 4.78 is 18.5. The van der Waals surface area contributed by atoms with Crippen molar-refractivity contribution in [1.82, 2.24) is 15.2 Å². The lowest BCUT2D eigenvalue weighted by atomic mass is 10.2. The van der Waals surface area contributed by atoms with Crippen molar-refractivity contribution >= 4 is 0 Å². The van der Waals surface area contributed by atoms with Crippen molar-refractivity contribution in [2.24, 2.45) is 0 Å². The lowest BCUT2D eigenvalue weighted by Crippen LogP contribution is -1.98. The van der Waals surface area contributed by atoms with Crippen molar-refractivity contribution in [3.05, 3.63) is 41.2 Å². The average molecular weight is 221 g/mol. The number of H-pyrrole nitrogens is 1. The highest BCUT2D eigenvalue weighted by atomic mass is 19.1. The predicted octanol–water partition coefficient (Wildman–Crippen LogP) is 2.14. The maximum atomic E-state index is 13.2. The van der Waals surface area contributed by atoms with Gasteiger partial charge in [-0.3, -0.25) is 5.10 Å². The highest BCUT2D eigenvalue weighted by Crippen LogP contribution is 2.16. The summed E-state index contributed by atoms with van der Waals surface area (Å²) in [6, 6.07) is 4.75. The third-order valence-corrected chi connectivity index (χ3v) is 2.15. The molecule has 0 fully saturated rings. The summed E-state index contributed by atoms with van der Waals surface area (Å²) in [5.41, 5.74) is 0.598.